The van der Waals surface area contributed by atoms with E-state index in [2.05, 4.69) is 5.32 Å². The predicted octanol–water partition coefficient (Wildman–Crippen LogP) is 3.90. The third-order valence-corrected chi connectivity index (χ3v) is 5.88. The summed E-state index contributed by atoms with van der Waals surface area (Å²) in [4.78, 5) is 30.3. The van der Waals surface area contributed by atoms with E-state index in [1.165, 1.54) is 0 Å². The molecule has 2 heterocycles. The quantitative estimate of drug-likeness (QED) is 0.727. The van der Waals surface area contributed by atoms with Gasteiger partial charge in [-0.15, -0.1) is 0 Å². The predicted molar refractivity (Wildman–Crippen MR) is 113 cm³/mol. The van der Waals surface area contributed by atoms with Crippen LogP contribution in [0, 0.1) is 0 Å². The molecule has 1 N–H and O–H groups in total. The van der Waals surface area contributed by atoms with Gasteiger partial charge >= 0.3 is 6.03 Å². The van der Waals surface area contributed by atoms with Gasteiger partial charge in [0, 0.05) is 29.8 Å². The lowest BCUT2D eigenvalue weighted by Gasteiger charge is -2.40. The SMILES string of the molecule is COc1ccccc1NC(=O)N1CCN2C(=O)c3ccccc3[C@@]12c1ccccc1. The number of carbonyl (C=O) groups is 2. The van der Waals surface area contributed by atoms with Gasteiger partial charge in [-0.2, -0.15) is 0 Å². The van der Waals surface area contributed by atoms with Crippen LogP contribution in [0.1, 0.15) is 21.5 Å². The number of amides is 3. The summed E-state index contributed by atoms with van der Waals surface area (Å²) in [7, 11) is 1.57. The second kappa shape index (κ2) is 6.91. The first kappa shape index (κ1) is 18.2. The van der Waals surface area contributed by atoms with E-state index < -0.39 is 5.66 Å². The lowest BCUT2D eigenvalue weighted by atomic mass is 9.90. The van der Waals surface area contributed by atoms with Crippen molar-refractivity contribution < 1.29 is 14.3 Å². The molecule has 1 atom stereocenters. The maximum Gasteiger partial charge on any atom is 0.324 e. The Labute approximate surface area is 174 Å². The van der Waals surface area contributed by atoms with Crippen LogP contribution in [-0.4, -0.2) is 41.9 Å². The van der Waals surface area contributed by atoms with E-state index in [0.717, 1.165) is 11.1 Å². The number of methoxy groups -OCH3 is 1. The first-order valence-corrected chi connectivity index (χ1v) is 9.86. The van der Waals surface area contributed by atoms with Crippen molar-refractivity contribution in [3.63, 3.8) is 0 Å². The third-order valence-electron chi connectivity index (χ3n) is 5.88. The van der Waals surface area contributed by atoms with Crippen molar-refractivity contribution >= 4 is 17.6 Å². The van der Waals surface area contributed by atoms with Crippen molar-refractivity contribution in [3.05, 3.63) is 95.6 Å². The molecule has 6 heteroatoms. The molecule has 1 fully saturated rings. The first-order valence-electron chi connectivity index (χ1n) is 9.86. The molecule has 0 spiro atoms. The monoisotopic (exact) mass is 399 g/mol. The van der Waals surface area contributed by atoms with Crippen molar-refractivity contribution in [3.8, 4) is 5.75 Å². The zero-order valence-corrected chi connectivity index (χ0v) is 16.5. The minimum absolute atomic E-state index is 0.0537. The summed E-state index contributed by atoms with van der Waals surface area (Å²) in [6.07, 6.45) is 0. The van der Waals surface area contributed by atoms with Crippen LogP contribution in [0.5, 0.6) is 5.75 Å². The van der Waals surface area contributed by atoms with E-state index in [4.69, 9.17) is 4.74 Å². The Morgan fingerprint density at radius 2 is 1.63 bits per heavy atom. The zero-order valence-electron chi connectivity index (χ0n) is 16.5. The average Bonchev–Trinajstić information content (AvgIpc) is 3.31. The Bertz CT molecular complexity index is 1130. The largest absolute Gasteiger partial charge is 0.495 e. The Hall–Kier alpha value is -3.80. The summed E-state index contributed by atoms with van der Waals surface area (Å²) in [6.45, 7) is 0.887. The van der Waals surface area contributed by atoms with Gasteiger partial charge in [0.15, 0.2) is 5.66 Å². The minimum Gasteiger partial charge on any atom is -0.495 e. The molecule has 2 aliphatic heterocycles. The molecule has 1 saturated heterocycles. The highest BCUT2D eigenvalue weighted by atomic mass is 16.5. The molecule has 0 bridgehead atoms. The van der Waals surface area contributed by atoms with E-state index in [1.54, 1.807) is 29.0 Å². The molecule has 3 amide bonds. The molecule has 0 saturated carbocycles. The second-order valence-corrected chi connectivity index (χ2v) is 7.32. The highest BCUT2D eigenvalue weighted by molar-refractivity contribution is 6.03. The molecule has 3 aromatic carbocycles. The number of anilines is 1. The van der Waals surface area contributed by atoms with Gasteiger partial charge in [0.1, 0.15) is 5.75 Å². The maximum absolute atomic E-state index is 13.5. The van der Waals surface area contributed by atoms with Crippen LogP contribution in [0.25, 0.3) is 0 Å². The van der Waals surface area contributed by atoms with Gasteiger partial charge in [-0.3, -0.25) is 9.69 Å². The fraction of sp³-hybridized carbons (Fsp3) is 0.167. The van der Waals surface area contributed by atoms with E-state index in [9.17, 15) is 9.59 Å². The van der Waals surface area contributed by atoms with Crippen LogP contribution in [0.3, 0.4) is 0 Å². The molecular weight excluding hydrogens is 378 g/mol. The smallest absolute Gasteiger partial charge is 0.324 e. The average molecular weight is 399 g/mol. The number of benzene rings is 3. The molecule has 5 rings (SSSR count). The summed E-state index contributed by atoms with van der Waals surface area (Å²) in [6, 6.07) is 24.3. The summed E-state index contributed by atoms with van der Waals surface area (Å²) in [5, 5.41) is 2.98. The first-order chi connectivity index (χ1) is 14.7. The number of nitrogens with one attached hydrogen (secondary N) is 1. The van der Waals surface area contributed by atoms with Crippen molar-refractivity contribution in [2.24, 2.45) is 0 Å². The van der Waals surface area contributed by atoms with Crippen molar-refractivity contribution in [2.45, 2.75) is 5.66 Å². The van der Waals surface area contributed by atoms with Gasteiger partial charge in [0.25, 0.3) is 5.91 Å². The van der Waals surface area contributed by atoms with E-state index >= 15 is 0 Å². The lowest BCUT2D eigenvalue weighted by Crippen LogP contribution is -2.52. The fourth-order valence-corrected chi connectivity index (χ4v) is 4.64. The number of hydrogen-bond donors (Lipinski definition) is 1. The number of carbonyl (C=O) groups excluding carboxylic acids is 2. The lowest BCUT2D eigenvalue weighted by molar-refractivity contribution is 0.0560. The molecule has 0 unspecified atom stereocenters. The number of ether oxygens (including phenoxy) is 1. The highest BCUT2D eigenvalue weighted by Gasteiger charge is 2.59. The fourth-order valence-electron chi connectivity index (χ4n) is 4.64. The van der Waals surface area contributed by atoms with E-state index in [1.807, 2.05) is 66.7 Å². The van der Waals surface area contributed by atoms with Gasteiger partial charge in [-0.1, -0.05) is 60.7 Å². The number of nitrogens with zero attached hydrogens (tertiary/aromatic N) is 2. The van der Waals surface area contributed by atoms with Crippen LogP contribution in [0.2, 0.25) is 0 Å². The third kappa shape index (κ3) is 2.43. The highest BCUT2D eigenvalue weighted by Crippen LogP contribution is 2.49. The Balaban J connectivity index is 1.64. The van der Waals surface area contributed by atoms with Crippen LogP contribution >= 0.6 is 0 Å². The molecule has 3 aromatic rings. The Morgan fingerprint density at radius 1 is 0.933 bits per heavy atom. The topological polar surface area (TPSA) is 61.9 Å². The zero-order chi connectivity index (χ0) is 20.7. The van der Waals surface area contributed by atoms with Crippen molar-refractivity contribution in [2.75, 3.05) is 25.5 Å². The van der Waals surface area contributed by atoms with Crippen molar-refractivity contribution in [1.29, 1.82) is 0 Å². The Kier molecular flexibility index (Phi) is 4.20. The normalized spacial score (nSPS) is 19.4. The van der Waals surface area contributed by atoms with Gasteiger partial charge in [-0.05, 0) is 18.2 Å². The van der Waals surface area contributed by atoms with Crippen LogP contribution in [0.15, 0.2) is 78.9 Å². The number of rotatable bonds is 3. The summed E-state index contributed by atoms with van der Waals surface area (Å²) >= 11 is 0. The van der Waals surface area contributed by atoms with Gasteiger partial charge < -0.3 is 15.0 Å². The number of hydrogen-bond acceptors (Lipinski definition) is 3. The maximum atomic E-state index is 13.5. The standard InChI is InChI=1S/C24H21N3O3/c1-30-21-14-8-7-13-20(21)25-23(29)27-16-15-26-22(28)18-11-5-6-12-19(18)24(26,27)17-9-3-2-4-10-17/h2-14H,15-16H2,1H3,(H,25,29)/t24-/m1/s1. The molecular formula is C24H21N3O3. The van der Waals surface area contributed by atoms with Crippen molar-refractivity contribution in [1.82, 2.24) is 9.80 Å². The molecule has 0 aromatic heterocycles. The Morgan fingerprint density at radius 3 is 2.43 bits per heavy atom. The number of para-hydroxylation sites is 2. The number of urea groups is 1. The van der Waals surface area contributed by atoms with Gasteiger partial charge in [0.05, 0.1) is 12.8 Å². The van der Waals surface area contributed by atoms with Gasteiger partial charge in [-0.25, -0.2) is 4.79 Å². The summed E-state index contributed by atoms with van der Waals surface area (Å²) < 4.78 is 5.38. The van der Waals surface area contributed by atoms with E-state index in [-0.39, 0.29) is 11.9 Å². The van der Waals surface area contributed by atoms with E-state index in [0.29, 0.717) is 30.1 Å². The number of fused-ring (bicyclic) bond motifs is 3. The van der Waals surface area contributed by atoms with Gasteiger partial charge in [0.2, 0.25) is 0 Å². The molecule has 150 valence electrons. The van der Waals surface area contributed by atoms with Crippen LogP contribution < -0.4 is 10.1 Å². The summed E-state index contributed by atoms with van der Waals surface area (Å²) in [5.41, 5.74) is 1.96. The van der Waals surface area contributed by atoms with Crippen LogP contribution in [-0.2, 0) is 5.66 Å². The minimum atomic E-state index is -0.971. The van der Waals surface area contributed by atoms with Crippen LogP contribution in [0.4, 0.5) is 10.5 Å². The molecule has 6 nitrogen and oxygen atoms in total. The molecule has 30 heavy (non-hydrogen) atoms. The summed E-state index contributed by atoms with van der Waals surface area (Å²) in [5.74, 6) is 0.528. The second-order valence-electron chi connectivity index (χ2n) is 7.32. The molecule has 0 radical (unpaired) electrons. The molecule has 0 aliphatic carbocycles. The molecule has 2 aliphatic rings.